The highest BCUT2D eigenvalue weighted by Gasteiger charge is 2.53. The molecule has 2 aliphatic heterocycles. The SMILES string of the molecule is [N-]=[N+]=N[C@@H]1[C@H](OP(=O)(Oc2ccccc2)Oc2ccccc2)O[C@@H]2COC(c3ccccc3)O[C@H]2[C@@H]1OCc1ccccc1. The van der Waals surface area contributed by atoms with Gasteiger partial charge in [-0.25, -0.2) is 9.09 Å². The second kappa shape index (κ2) is 14.1. The molecule has 44 heavy (non-hydrogen) atoms. The molecule has 0 saturated carbocycles. The average molecular weight is 616 g/mol. The molecule has 0 radical (unpaired) electrons. The van der Waals surface area contributed by atoms with Gasteiger partial charge in [0.15, 0.2) is 12.6 Å². The minimum Gasteiger partial charge on any atom is -0.395 e. The summed E-state index contributed by atoms with van der Waals surface area (Å²) >= 11 is 0. The molecular weight excluding hydrogens is 585 g/mol. The number of rotatable bonds is 11. The minimum absolute atomic E-state index is 0.0989. The van der Waals surface area contributed by atoms with E-state index in [1.807, 2.05) is 60.7 Å². The molecule has 4 aromatic carbocycles. The summed E-state index contributed by atoms with van der Waals surface area (Å²) in [7, 11) is -4.45. The Kier molecular flexibility index (Phi) is 9.55. The van der Waals surface area contributed by atoms with Crippen molar-refractivity contribution in [2.45, 2.75) is 43.5 Å². The lowest BCUT2D eigenvalue weighted by Crippen LogP contribution is -2.62. The van der Waals surface area contributed by atoms with E-state index in [2.05, 4.69) is 10.0 Å². The van der Waals surface area contributed by atoms with Gasteiger partial charge >= 0.3 is 7.82 Å². The van der Waals surface area contributed by atoms with Gasteiger partial charge in [-0.1, -0.05) is 102 Å². The van der Waals surface area contributed by atoms with E-state index in [1.54, 1.807) is 60.7 Å². The van der Waals surface area contributed by atoms with E-state index in [-0.39, 0.29) is 24.7 Å². The van der Waals surface area contributed by atoms with Crippen LogP contribution in [0, 0.1) is 0 Å². The lowest BCUT2D eigenvalue weighted by atomic mass is 9.96. The normalized spacial score (nSPS) is 24.8. The second-order valence-electron chi connectivity index (χ2n) is 10.0. The average Bonchev–Trinajstić information content (AvgIpc) is 3.06. The van der Waals surface area contributed by atoms with E-state index in [1.165, 1.54) is 0 Å². The van der Waals surface area contributed by atoms with Gasteiger partial charge in [0, 0.05) is 10.5 Å². The minimum atomic E-state index is -4.45. The van der Waals surface area contributed by atoms with Crippen LogP contribution in [0.3, 0.4) is 0 Å². The Bertz CT molecular complexity index is 1530. The maximum absolute atomic E-state index is 14.3. The van der Waals surface area contributed by atoms with E-state index in [9.17, 15) is 10.1 Å². The molecule has 6 atom stereocenters. The number of para-hydroxylation sites is 2. The van der Waals surface area contributed by atoms with E-state index in [4.69, 9.17) is 32.5 Å². The van der Waals surface area contributed by atoms with Gasteiger partial charge in [-0.15, -0.1) is 0 Å². The number of hydrogen-bond donors (Lipinski definition) is 0. The van der Waals surface area contributed by atoms with Crippen LogP contribution in [0.2, 0.25) is 0 Å². The van der Waals surface area contributed by atoms with Gasteiger partial charge in [-0.05, 0) is 35.4 Å². The third-order valence-corrected chi connectivity index (χ3v) is 8.34. The maximum Gasteiger partial charge on any atom is 0.589 e. The lowest BCUT2D eigenvalue weighted by Gasteiger charge is -2.48. The van der Waals surface area contributed by atoms with Gasteiger partial charge in [0.25, 0.3) is 0 Å². The Morgan fingerprint density at radius 2 is 1.36 bits per heavy atom. The Morgan fingerprint density at radius 3 is 1.95 bits per heavy atom. The van der Waals surface area contributed by atoms with Gasteiger partial charge in [0.1, 0.15) is 35.9 Å². The summed E-state index contributed by atoms with van der Waals surface area (Å²) in [4.78, 5) is 3.05. The Hall–Kier alpha value is -4.18. The smallest absolute Gasteiger partial charge is 0.395 e. The molecule has 226 valence electrons. The third kappa shape index (κ3) is 7.30. The van der Waals surface area contributed by atoms with Crippen molar-refractivity contribution in [1.29, 1.82) is 0 Å². The molecule has 2 fully saturated rings. The monoisotopic (exact) mass is 615 g/mol. The molecule has 1 unspecified atom stereocenters. The molecule has 2 aliphatic rings. The van der Waals surface area contributed by atoms with E-state index >= 15 is 0 Å². The summed E-state index contributed by atoms with van der Waals surface area (Å²) in [5.74, 6) is 0.486. The second-order valence-corrected chi connectivity index (χ2v) is 11.5. The van der Waals surface area contributed by atoms with Crippen LogP contribution in [0.4, 0.5) is 0 Å². The molecule has 4 aromatic rings. The van der Waals surface area contributed by atoms with Gasteiger partial charge in [-0.2, -0.15) is 0 Å². The summed E-state index contributed by atoms with van der Waals surface area (Å²) in [6.07, 6.45) is -4.45. The number of azide groups is 1. The summed E-state index contributed by atoms with van der Waals surface area (Å²) in [5.41, 5.74) is 11.3. The van der Waals surface area contributed by atoms with Crippen LogP contribution in [0.1, 0.15) is 17.4 Å². The first-order chi connectivity index (χ1) is 21.6. The van der Waals surface area contributed by atoms with Crippen LogP contribution in [0.15, 0.2) is 126 Å². The lowest BCUT2D eigenvalue weighted by molar-refractivity contribution is -0.338. The molecule has 2 heterocycles. The fraction of sp³-hybridized carbons (Fsp3) is 0.250. The molecule has 0 N–H and O–H groups in total. The van der Waals surface area contributed by atoms with Crippen LogP contribution < -0.4 is 9.05 Å². The van der Waals surface area contributed by atoms with Crippen LogP contribution >= 0.6 is 7.82 Å². The highest BCUT2D eigenvalue weighted by atomic mass is 31.2. The standard InChI is InChI=1S/C32H30N3O8P/c33-35-34-28-30(37-21-23-13-5-1-6-14-23)29-27(22-38-31(40-29)24-15-7-2-8-16-24)39-32(28)43-44(36,41-25-17-9-3-10-18-25)42-26-19-11-4-12-20-26/h1-20,27-32H,21-22H2/t27-,28+,29-,30-,31?,32+/m1/s1. The zero-order valence-electron chi connectivity index (χ0n) is 23.5. The van der Waals surface area contributed by atoms with Crippen molar-refractivity contribution in [3.05, 3.63) is 143 Å². The van der Waals surface area contributed by atoms with Crippen molar-refractivity contribution >= 4 is 7.82 Å². The van der Waals surface area contributed by atoms with Crippen LogP contribution in [0.25, 0.3) is 10.4 Å². The number of phosphoric acid groups is 1. The Balaban J connectivity index is 1.31. The van der Waals surface area contributed by atoms with Crippen molar-refractivity contribution < 1.29 is 37.1 Å². The molecule has 2 saturated heterocycles. The fourth-order valence-corrected chi connectivity index (χ4v) is 6.29. The van der Waals surface area contributed by atoms with Crippen molar-refractivity contribution in [1.82, 2.24) is 0 Å². The molecule has 0 spiro atoms. The van der Waals surface area contributed by atoms with Crippen molar-refractivity contribution in [2.24, 2.45) is 5.11 Å². The quantitative estimate of drug-likeness (QED) is 0.0740. The topological polar surface area (TPSA) is 130 Å². The van der Waals surface area contributed by atoms with E-state index < -0.39 is 44.8 Å². The first kappa shape index (κ1) is 29.9. The molecule has 0 amide bonds. The van der Waals surface area contributed by atoms with Crippen LogP contribution in [0.5, 0.6) is 11.5 Å². The predicted molar refractivity (Wildman–Crippen MR) is 159 cm³/mol. The van der Waals surface area contributed by atoms with E-state index in [0.29, 0.717) is 0 Å². The van der Waals surface area contributed by atoms with Gasteiger partial charge in [-0.3, -0.25) is 0 Å². The zero-order valence-corrected chi connectivity index (χ0v) is 24.4. The number of phosphoric ester groups is 1. The largest absolute Gasteiger partial charge is 0.589 e. The number of ether oxygens (including phenoxy) is 4. The highest BCUT2D eigenvalue weighted by molar-refractivity contribution is 7.49. The predicted octanol–water partition coefficient (Wildman–Crippen LogP) is 7.37. The van der Waals surface area contributed by atoms with E-state index in [0.717, 1.165) is 11.1 Å². The molecule has 6 rings (SSSR count). The maximum atomic E-state index is 14.3. The molecule has 0 aromatic heterocycles. The Labute approximate surface area is 254 Å². The number of benzene rings is 4. The number of nitrogens with zero attached hydrogens (tertiary/aromatic N) is 3. The number of fused-ring (bicyclic) bond motifs is 1. The first-order valence-corrected chi connectivity index (χ1v) is 15.5. The zero-order chi connectivity index (χ0) is 30.2. The highest BCUT2D eigenvalue weighted by Crippen LogP contribution is 2.52. The summed E-state index contributed by atoms with van der Waals surface area (Å²) in [6, 6.07) is 34.8. The molecular formula is C32H30N3O8P. The van der Waals surface area contributed by atoms with Gasteiger partial charge < -0.3 is 28.0 Å². The van der Waals surface area contributed by atoms with Gasteiger partial charge in [0.05, 0.1) is 13.2 Å². The van der Waals surface area contributed by atoms with Crippen molar-refractivity contribution in [3.63, 3.8) is 0 Å². The summed E-state index contributed by atoms with van der Waals surface area (Å²) in [5, 5.41) is 4.00. The van der Waals surface area contributed by atoms with Crippen molar-refractivity contribution in [2.75, 3.05) is 6.61 Å². The third-order valence-electron chi connectivity index (χ3n) is 7.00. The van der Waals surface area contributed by atoms with Gasteiger partial charge in [0.2, 0.25) is 0 Å². The summed E-state index contributed by atoms with van der Waals surface area (Å²) in [6.45, 7) is 0.277. The Morgan fingerprint density at radius 1 is 0.795 bits per heavy atom. The first-order valence-electron chi connectivity index (χ1n) is 14.1. The molecule has 11 nitrogen and oxygen atoms in total. The molecule has 0 aliphatic carbocycles. The number of hydrogen-bond acceptors (Lipinski definition) is 9. The molecule has 0 bridgehead atoms. The van der Waals surface area contributed by atoms with Crippen LogP contribution in [-0.4, -0.2) is 37.3 Å². The fourth-order valence-electron chi connectivity index (χ4n) is 4.98. The summed E-state index contributed by atoms with van der Waals surface area (Å²) < 4.78 is 56.9. The van der Waals surface area contributed by atoms with Crippen LogP contribution in [-0.2, 0) is 34.6 Å². The molecule has 12 heteroatoms. The van der Waals surface area contributed by atoms with Crippen molar-refractivity contribution in [3.8, 4) is 11.5 Å².